The maximum atomic E-state index is 11.4. The number of H-pyrrole nitrogens is 1. The highest BCUT2D eigenvalue weighted by Gasteiger charge is 2.12. The lowest BCUT2D eigenvalue weighted by molar-refractivity contribution is 0.598. The maximum Gasteiger partial charge on any atom is 0.238 e. The van der Waals surface area contributed by atoms with Gasteiger partial charge in [-0.15, -0.1) is 11.6 Å². The second-order valence-electron chi connectivity index (χ2n) is 6.63. The third-order valence-corrected chi connectivity index (χ3v) is 5.79. The van der Waals surface area contributed by atoms with Gasteiger partial charge in [-0.2, -0.15) is 0 Å². The summed E-state index contributed by atoms with van der Waals surface area (Å²) in [7, 11) is -3.73. The van der Waals surface area contributed by atoms with Crippen molar-refractivity contribution in [1.29, 1.82) is 0 Å². The molecule has 0 amide bonds. The van der Waals surface area contributed by atoms with Crippen LogP contribution in [0.25, 0.3) is 22.2 Å². The van der Waals surface area contributed by atoms with Gasteiger partial charge in [-0.1, -0.05) is 0 Å². The van der Waals surface area contributed by atoms with Gasteiger partial charge in [-0.3, -0.25) is 4.98 Å². The molecule has 0 spiro atoms. The number of nitrogens with one attached hydrogen (secondary N) is 2. The Kier molecular flexibility index (Phi) is 5.67. The van der Waals surface area contributed by atoms with Crippen molar-refractivity contribution in [3.05, 3.63) is 60.7 Å². The Hall–Kier alpha value is -3.01. The Bertz CT molecular complexity index is 1290. The second-order valence-corrected chi connectivity index (χ2v) is 8.57. The van der Waals surface area contributed by atoms with E-state index in [1.807, 2.05) is 18.3 Å². The lowest BCUT2D eigenvalue weighted by Crippen LogP contribution is -2.11. The summed E-state index contributed by atoms with van der Waals surface area (Å²) in [4.78, 5) is 16.7. The molecule has 4 N–H and O–H groups in total. The van der Waals surface area contributed by atoms with Crippen molar-refractivity contribution in [2.45, 2.75) is 17.7 Å². The molecule has 0 fully saturated rings. The number of nitrogens with zero attached hydrogens (tertiary/aromatic N) is 3. The molecule has 10 heteroatoms. The van der Waals surface area contributed by atoms with Crippen molar-refractivity contribution in [2.24, 2.45) is 5.14 Å². The predicted molar refractivity (Wildman–Crippen MR) is 117 cm³/mol. The minimum Gasteiger partial charge on any atom is -0.359 e. The van der Waals surface area contributed by atoms with E-state index in [2.05, 4.69) is 25.3 Å². The summed E-state index contributed by atoms with van der Waals surface area (Å²) in [6.45, 7) is 0. The largest absolute Gasteiger partial charge is 0.359 e. The van der Waals surface area contributed by atoms with Crippen LogP contribution in [0.15, 0.2) is 59.9 Å². The number of halogens is 1. The minimum absolute atomic E-state index is 0.0418. The van der Waals surface area contributed by atoms with Gasteiger partial charge in [0.05, 0.1) is 21.8 Å². The van der Waals surface area contributed by atoms with Gasteiger partial charge < -0.3 is 10.3 Å². The third kappa shape index (κ3) is 4.28. The summed E-state index contributed by atoms with van der Waals surface area (Å²) in [6, 6.07) is 9.85. The normalized spacial score (nSPS) is 11.7. The molecule has 0 saturated heterocycles. The van der Waals surface area contributed by atoms with Crippen LogP contribution in [-0.2, 0) is 16.4 Å². The van der Waals surface area contributed by atoms with Crippen molar-refractivity contribution < 1.29 is 8.42 Å². The summed E-state index contributed by atoms with van der Waals surface area (Å²) in [6.07, 6.45) is 7.01. The molecule has 3 heterocycles. The van der Waals surface area contributed by atoms with Crippen LogP contribution >= 0.6 is 11.6 Å². The summed E-state index contributed by atoms with van der Waals surface area (Å²) < 4.78 is 22.8. The number of benzene rings is 1. The number of pyridine rings is 1. The first-order valence-electron chi connectivity index (χ1n) is 9.20. The number of sulfonamides is 1. The molecule has 8 nitrogen and oxygen atoms in total. The van der Waals surface area contributed by atoms with E-state index in [0.717, 1.165) is 40.7 Å². The molecule has 0 atom stereocenters. The maximum absolute atomic E-state index is 11.4. The van der Waals surface area contributed by atoms with Crippen LogP contribution in [0.3, 0.4) is 0 Å². The van der Waals surface area contributed by atoms with Gasteiger partial charge in [0, 0.05) is 41.1 Å². The summed E-state index contributed by atoms with van der Waals surface area (Å²) >= 11 is 5.82. The van der Waals surface area contributed by atoms with Crippen LogP contribution < -0.4 is 10.5 Å². The SMILES string of the molecule is NS(=O)(=O)c1ccc(Nc2nccc(-c3c[nH]c4c(CCCCl)nccc34)n2)cc1. The van der Waals surface area contributed by atoms with E-state index < -0.39 is 10.0 Å². The standard InChI is InChI=1S/C20H19ClN6O2S/c21-9-1-2-18-19-15(7-10-23-18)16(12-25-19)17-8-11-24-20(27-17)26-13-3-5-14(6-4-13)30(22,28)29/h3-8,10-12,25H,1-2,9H2,(H2,22,28,29)(H,24,26,27). The molecule has 0 radical (unpaired) electrons. The summed E-state index contributed by atoms with van der Waals surface area (Å²) in [5.74, 6) is 0.978. The Labute approximate surface area is 178 Å². The number of hydrogen-bond donors (Lipinski definition) is 3. The topological polar surface area (TPSA) is 127 Å². The van der Waals surface area contributed by atoms with E-state index in [-0.39, 0.29) is 4.90 Å². The number of alkyl halides is 1. The highest BCUT2D eigenvalue weighted by molar-refractivity contribution is 7.89. The monoisotopic (exact) mass is 442 g/mol. The number of primary sulfonamides is 1. The Morgan fingerprint density at radius 1 is 1.07 bits per heavy atom. The number of hydrogen-bond acceptors (Lipinski definition) is 6. The van der Waals surface area contributed by atoms with Crippen molar-refractivity contribution in [1.82, 2.24) is 19.9 Å². The molecule has 3 aromatic heterocycles. The molecule has 0 aliphatic carbocycles. The van der Waals surface area contributed by atoms with Crippen LogP contribution in [-0.4, -0.2) is 34.2 Å². The molecule has 154 valence electrons. The molecule has 0 unspecified atom stereocenters. The van der Waals surface area contributed by atoms with Gasteiger partial charge in [-0.25, -0.2) is 23.5 Å². The van der Waals surface area contributed by atoms with Crippen LogP contribution in [0, 0.1) is 0 Å². The van der Waals surface area contributed by atoms with Gasteiger partial charge in [0.2, 0.25) is 16.0 Å². The fourth-order valence-corrected chi connectivity index (χ4v) is 3.82. The lowest BCUT2D eigenvalue weighted by Gasteiger charge is -2.07. The van der Waals surface area contributed by atoms with Crippen molar-refractivity contribution in [2.75, 3.05) is 11.2 Å². The highest BCUT2D eigenvalue weighted by atomic mass is 35.5. The number of aromatic nitrogens is 4. The number of rotatable bonds is 7. The average molecular weight is 443 g/mol. The van der Waals surface area contributed by atoms with E-state index >= 15 is 0 Å². The minimum atomic E-state index is -3.73. The average Bonchev–Trinajstić information content (AvgIpc) is 3.17. The first-order valence-corrected chi connectivity index (χ1v) is 11.3. The zero-order valence-corrected chi connectivity index (χ0v) is 17.4. The molecule has 1 aromatic carbocycles. The number of nitrogens with two attached hydrogens (primary N) is 1. The first kappa shape index (κ1) is 20.3. The Balaban J connectivity index is 1.62. The van der Waals surface area contributed by atoms with E-state index in [0.29, 0.717) is 17.5 Å². The molecule has 0 aliphatic rings. The van der Waals surface area contributed by atoms with Crippen molar-refractivity contribution >= 4 is 44.2 Å². The number of aryl methyl sites for hydroxylation is 1. The molecule has 0 saturated carbocycles. The fraction of sp³-hybridized carbons (Fsp3) is 0.150. The number of fused-ring (bicyclic) bond motifs is 1. The molecular formula is C20H19ClN6O2S. The fourth-order valence-electron chi connectivity index (χ4n) is 3.17. The van der Waals surface area contributed by atoms with Crippen LogP contribution in [0.1, 0.15) is 12.1 Å². The van der Waals surface area contributed by atoms with Gasteiger partial charge >= 0.3 is 0 Å². The molecular weight excluding hydrogens is 424 g/mol. The first-order chi connectivity index (χ1) is 14.5. The van der Waals surface area contributed by atoms with Gasteiger partial charge in [0.1, 0.15) is 0 Å². The second kappa shape index (κ2) is 8.39. The zero-order chi connectivity index (χ0) is 21.1. The van der Waals surface area contributed by atoms with Gasteiger partial charge in [-0.05, 0) is 49.2 Å². The Morgan fingerprint density at radius 3 is 2.57 bits per heavy atom. The summed E-state index contributed by atoms with van der Waals surface area (Å²) in [5, 5.41) is 9.23. The highest BCUT2D eigenvalue weighted by Crippen LogP contribution is 2.29. The van der Waals surface area contributed by atoms with Gasteiger partial charge in [0.15, 0.2) is 0 Å². The number of anilines is 2. The number of aromatic amines is 1. The molecule has 0 aliphatic heterocycles. The van der Waals surface area contributed by atoms with Gasteiger partial charge in [0.25, 0.3) is 0 Å². The van der Waals surface area contributed by atoms with E-state index in [1.165, 1.54) is 12.1 Å². The van der Waals surface area contributed by atoms with E-state index in [4.69, 9.17) is 16.7 Å². The molecule has 4 rings (SSSR count). The van der Waals surface area contributed by atoms with E-state index in [1.54, 1.807) is 24.5 Å². The lowest BCUT2D eigenvalue weighted by atomic mass is 10.1. The van der Waals surface area contributed by atoms with Crippen LogP contribution in [0.2, 0.25) is 0 Å². The quantitative estimate of drug-likeness (QED) is 0.375. The van der Waals surface area contributed by atoms with Crippen LogP contribution in [0.4, 0.5) is 11.6 Å². The molecule has 0 bridgehead atoms. The van der Waals surface area contributed by atoms with Crippen molar-refractivity contribution in [3.8, 4) is 11.3 Å². The third-order valence-electron chi connectivity index (χ3n) is 4.60. The van der Waals surface area contributed by atoms with Crippen molar-refractivity contribution in [3.63, 3.8) is 0 Å². The smallest absolute Gasteiger partial charge is 0.238 e. The zero-order valence-electron chi connectivity index (χ0n) is 15.8. The predicted octanol–water partition coefficient (Wildman–Crippen LogP) is 3.58. The molecule has 30 heavy (non-hydrogen) atoms. The van der Waals surface area contributed by atoms with Crippen LogP contribution in [0.5, 0.6) is 0 Å². The van der Waals surface area contributed by atoms with E-state index in [9.17, 15) is 8.42 Å². The summed E-state index contributed by atoms with van der Waals surface area (Å²) in [5.41, 5.74) is 4.28. The molecule has 4 aromatic rings. The Morgan fingerprint density at radius 2 is 1.83 bits per heavy atom.